The quantitative estimate of drug-likeness (QED) is 0.869. The lowest BCUT2D eigenvalue weighted by molar-refractivity contribution is -0.171. The Balaban J connectivity index is 1.61. The van der Waals surface area contributed by atoms with Crippen molar-refractivity contribution in [3.63, 3.8) is 0 Å². The first-order chi connectivity index (χ1) is 11.0. The molecule has 5 nitrogen and oxygen atoms in total. The second kappa shape index (κ2) is 5.05. The zero-order valence-electron chi connectivity index (χ0n) is 13.4. The molecule has 5 heteroatoms. The van der Waals surface area contributed by atoms with Crippen molar-refractivity contribution in [3.05, 3.63) is 30.1 Å². The number of pyridine rings is 1. The van der Waals surface area contributed by atoms with E-state index in [0.717, 1.165) is 25.7 Å². The molecular formula is C18H22N2O3. The van der Waals surface area contributed by atoms with Crippen LogP contribution in [0, 0.1) is 17.3 Å². The Morgan fingerprint density at radius 1 is 1.22 bits per heavy atom. The van der Waals surface area contributed by atoms with Gasteiger partial charge in [0.05, 0.1) is 12.5 Å². The van der Waals surface area contributed by atoms with Crippen LogP contribution in [0.4, 0.5) is 0 Å². The second-order valence-electron chi connectivity index (χ2n) is 7.68. The fourth-order valence-electron chi connectivity index (χ4n) is 5.67. The van der Waals surface area contributed by atoms with E-state index in [1.165, 1.54) is 13.5 Å². The number of esters is 1. The second-order valence-corrected chi connectivity index (χ2v) is 7.68. The highest BCUT2D eigenvalue weighted by Crippen LogP contribution is 2.62. The van der Waals surface area contributed by atoms with E-state index in [-0.39, 0.29) is 17.4 Å². The third-order valence-corrected chi connectivity index (χ3v) is 5.96. The lowest BCUT2D eigenvalue weighted by Gasteiger charge is -2.60. The first-order valence-corrected chi connectivity index (χ1v) is 8.36. The Bertz CT molecular complexity index is 629. The van der Waals surface area contributed by atoms with E-state index in [1.54, 1.807) is 18.3 Å². The lowest BCUT2D eigenvalue weighted by atomic mass is 9.47. The van der Waals surface area contributed by atoms with Crippen LogP contribution in [-0.4, -0.2) is 29.5 Å². The summed E-state index contributed by atoms with van der Waals surface area (Å²) in [7, 11) is 1.47. The molecule has 1 amide bonds. The zero-order valence-corrected chi connectivity index (χ0v) is 13.4. The van der Waals surface area contributed by atoms with Gasteiger partial charge in [-0.1, -0.05) is 6.07 Å². The summed E-state index contributed by atoms with van der Waals surface area (Å²) in [4.78, 5) is 29.1. The molecule has 5 rings (SSSR count). The van der Waals surface area contributed by atoms with Gasteiger partial charge < -0.3 is 10.1 Å². The smallest absolute Gasteiger partial charge is 0.311 e. The topological polar surface area (TPSA) is 68.3 Å². The minimum Gasteiger partial charge on any atom is -0.469 e. The van der Waals surface area contributed by atoms with E-state index in [9.17, 15) is 9.59 Å². The molecule has 4 fully saturated rings. The number of rotatable bonds is 3. The van der Waals surface area contributed by atoms with Gasteiger partial charge >= 0.3 is 5.97 Å². The number of hydrogen-bond acceptors (Lipinski definition) is 4. The van der Waals surface area contributed by atoms with Gasteiger partial charge in [0.25, 0.3) is 5.91 Å². The van der Waals surface area contributed by atoms with E-state index in [2.05, 4.69) is 10.3 Å². The number of aromatic nitrogens is 1. The van der Waals surface area contributed by atoms with Crippen LogP contribution in [0.3, 0.4) is 0 Å². The van der Waals surface area contributed by atoms with Crippen molar-refractivity contribution < 1.29 is 14.3 Å². The maximum atomic E-state index is 12.6. The number of ether oxygens (including phenoxy) is 1. The summed E-state index contributed by atoms with van der Waals surface area (Å²) in [5.74, 6) is 0.800. The Kier molecular flexibility index (Phi) is 3.22. The van der Waals surface area contributed by atoms with E-state index in [4.69, 9.17) is 4.74 Å². The van der Waals surface area contributed by atoms with Gasteiger partial charge in [-0.3, -0.25) is 14.6 Å². The number of nitrogens with one attached hydrogen (secondary N) is 1. The molecule has 2 unspecified atom stereocenters. The Labute approximate surface area is 135 Å². The molecule has 0 aromatic carbocycles. The summed E-state index contributed by atoms with van der Waals surface area (Å²) in [6.07, 6.45) is 7.29. The van der Waals surface area contributed by atoms with Gasteiger partial charge in [-0.25, -0.2) is 0 Å². The van der Waals surface area contributed by atoms with Crippen molar-refractivity contribution in [2.24, 2.45) is 17.3 Å². The van der Waals surface area contributed by atoms with Gasteiger partial charge in [0, 0.05) is 11.7 Å². The van der Waals surface area contributed by atoms with E-state index in [0.29, 0.717) is 24.0 Å². The summed E-state index contributed by atoms with van der Waals surface area (Å²) in [6.45, 7) is 0. The summed E-state index contributed by atoms with van der Waals surface area (Å²) < 4.78 is 5.11. The van der Waals surface area contributed by atoms with Crippen LogP contribution in [0.25, 0.3) is 0 Å². The summed E-state index contributed by atoms with van der Waals surface area (Å²) in [5, 5.41) is 3.24. The maximum Gasteiger partial charge on any atom is 0.311 e. The molecule has 4 aliphatic carbocycles. The Morgan fingerprint density at radius 3 is 2.57 bits per heavy atom. The first-order valence-electron chi connectivity index (χ1n) is 8.36. The standard InChI is InChI=1S/C18H22N2O3/c1-23-16(22)17-7-12-6-13(8-17)10-18(9-12,11-17)20-15(21)14-4-2-3-5-19-14/h2-5,12-13H,6-11H2,1H3,(H,20,21). The minimum absolute atomic E-state index is 0.0944. The Hall–Kier alpha value is -1.91. The van der Waals surface area contributed by atoms with E-state index in [1.807, 2.05) is 6.07 Å². The van der Waals surface area contributed by atoms with Gasteiger partial charge in [0.2, 0.25) is 0 Å². The van der Waals surface area contributed by atoms with Gasteiger partial charge in [-0.15, -0.1) is 0 Å². The molecular weight excluding hydrogens is 292 g/mol. The highest BCUT2D eigenvalue weighted by atomic mass is 16.5. The summed E-state index contributed by atoms with van der Waals surface area (Å²) in [6, 6.07) is 5.34. The normalized spacial score (nSPS) is 37.4. The van der Waals surface area contributed by atoms with Crippen LogP contribution >= 0.6 is 0 Å². The third-order valence-electron chi connectivity index (χ3n) is 5.96. The fourth-order valence-corrected chi connectivity index (χ4v) is 5.67. The highest BCUT2D eigenvalue weighted by molar-refractivity contribution is 5.93. The summed E-state index contributed by atoms with van der Waals surface area (Å²) in [5.41, 5.74) is -0.223. The number of carbonyl (C=O) groups is 2. The van der Waals surface area contributed by atoms with Gasteiger partial charge in [0.1, 0.15) is 5.69 Å². The lowest BCUT2D eigenvalue weighted by Crippen LogP contribution is -2.65. The monoisotopic (exact) mass is 314 g/mol. The molecule has 0 saturated heterocycles. The molecule has 1 aromatic heterocycles. The van der Waals surface area contributed by atoms with Gasteiger partial charge in [0.15, 0.2) is 0 Å². The molecule has 1 aromatic rings. The predicted molar refractivity (Wildman–Crippen MR) is 83.6 cm³/mol. The van der Waals surface area contributed by atoms with Gasteiger partial charge in [-0.05, 0) is 62.5 Å². The zero-order chi connectivity index (χ0) is 16.1. The van der Waals surface area contributed by atoms with Crippen LogP contribution in [0.5, 0.6) is 0 Å². The van der Waals surface area contributed by atoms with Crippen LogP contribution in [0.2, 0.25) is 0 Å². The van der Waals surface area contributed by atoms with Crippen LogP contribution in [0.1, 0.15) is 49.0 Å². The number of methoxy groups -OCH3 is 1. The van der Waals surface area contributed by atoms with E-state index < -0.39 is 5.41 Å². The van der Waals surface area contributed by atoms with Crippen molar-refractivity contribution in [2.45, 2.75) is 44.1 Å². The molecule has 122 valence electrons. The molecule has 4 bridgehead atoms. The molecule has 1 N–H and O–H groups in total. The van der Waals surface area contributed by atoms with Gasteiger partial charge in [-0.2, -0.15) is 0 Å². The van der Waals surface area contributed by atoms with Crippen molar-refractivity contribution in [3.8, 4) is 0 Å². The molecule has 2 atom stereocenters. The number of hydrogen-bond donors (Lipinski definition) is 1. The average Bonchev–Trinajstić information content (AvgIpc) is 2.53. The summed E-state index contributed by atoms with van der Waals surface area (Å²) >= 11 is 0. The third kappa shape index (κ3) is 2.33. The molecule has 0 aliphatic heterocycles. The van der Waals surface area contributed by atoms with Crippen LogP contribution in [0.15, 0.2) is 24.4 Å². The molecule has 0 spiro atoms. The average molecular weight is 314 g/mol. The fraction of sp³-hybridized carbons (Fsp3) is 0.611. The highest BCUT2D eigenvalue weighted by Gasteiger charge is 2.61. The molecule has 4 aliphatic rings. The number of amides is 1. The number of nitrogens with zero attached hydrogens (tertiary/aromatic N) is 1. The minimum atomic E-state index is -0.393. The maximum absolute atomic E-state index is 12.6. The van der Waals surface area contributed by atoms with Crippen molar-refractivity contribution in [1.82, 2.24) is 10.3 Å². The predicted octanol–water partition coefficient (Wildman–Crippen LogP) is 2.32. The largest absolute Gasteiger partial charge is 0.469 e. The molecule has 0 radical (unpaired) electrons. The molecule has 4 saturated carbocycles. The molecule has 23 heavy (non-hydrogen) atoms. The van der Waals surface area contributed by atoms with Crippen molar-refractivity contribution in [1.29, 1.82) is 0 Å². The Morgan fingerprint density at radius 2 is 1.96 bits per heavy atom. The first kappa shape index (κ1) is 14.7. The van der Waals surface area contributed by atoms with Crippen molar-refractivity contribution >= 4 is 11.9 Å². The van der Waals surface area contributed by atoms with Crippen LogP contribution < -0.4 is 5.32 Å². The van der Waals surface area contributed by atoms with Crippen LogP contribution in [-0.2, 0) is 9.53 Å². The molecule has 1 heterocycles. The SMILES string of the molecule is COC(=O)C12CC3CC(CC(NC(=O)c4ccccn4)(C3)C1)C2. The van der Waals surface area contributed by atoms with Crippen molar-refractivity contribution in [2.75, 3.05) is 7.11 Å². The van der Waals surface area contributed by atoms with E-state index >= 15 is 0 Å². The number of carbonyl (C=O) groups excluding carboxylic acids is 2.